The third-order valence-corrected chi connectivity index (χ3v) is 3.39. The van der Waals surface area contributed by atoms with Crippen LogP contribution < -0.4 is 5.32 Å². The highest BCUT2D eigenvalue weighted by Crippen LogP contribution is 2.21. The lowest BCUT2D eigenvalue weighted by molar-refractivity contribution is 0.0933. The molecule has 1 aromatic carbocycles. The first-order valence-corrected chi connectivity index (χ1v) is 7.06. The van der Waals surface area contributed by atoms with Gasteiger partial charge in [-0.25, -0.2) is 0 Å². The largest absolute Gasteiger partial charge is 0.396 e. The third-order valence-electron chi connectivity index (χ3n) is 3.08. The van der Waals surface area contributed by atoms with Crippen molar-refractivity contribution in [3.63, 3.8) is 0 Å². The number of aliphatic hydroxyl groups is 1. The molecule has 0 spiro atoms. The molecule has 0 saturated heterocycles. The zero-order valence-corrected chi connectivity index (χ0v) is 12.3. The predicted molar refractivity (Wildman–Crippen MR) is 78.4 cm³/mol. The summed E-state index contributed by atoms with van der Waals surface area (Å²) in [6.45, 7) is 4.95. The summed E-state index contributed by atoms with van der Waals surface area (Å²) in [5.74, 6) is 0.326. The van der Waals surface area contributed by atoms with E-state index in [1.54, 1.807) is 6.07 Å². The van der Waals surface area contributed by atoms with E-state index in [0.717, 1.165) is 18.4 Å². The molecule has 0 fully saturated rings. The highest BCUT2D eigenvalue weighted by Gasteiger charge is 2.18. The molecule has 3 nitrogen and oxygen atoms in total. The third kappa shape index (κ3) is 5.62. The zero-order valence-electron chi connectivity index (χ0n) is 11.6. The van der Waals surface area contributed by atoms with E-state index in [1.807, 2.05) is 18.2 Å². The molecule has 0 radical (unpaired) electrons. The Hall–Kier alpha value is -1.06. The molecule has 1 amide bonds. The Balaban J connectivity index is 2.55. The van der Waals surface area contributed by atoms with E-state index in [1.165, 1.54) is 0 Å². The van der Waals surface area contributed by atoms with Crippen LogP contribution in [-0.4, -0.2) is 24.2 Å². The number of halogens is 1. The highest BCUT2D eigenvalue weighted by molar-refractivity contribution is 6.17. The lowest BCUT2D eigenvalue weighted by Gasteiger charge is -2.24. The van der Waals surface area contributed by atoms with Crippen LogP contribution in [0.25, 0.3) is 0 Å². The van der Waals surface area contributed by atoms with Crippen molar-refractivity contribution in [1.82, 2.24) is 5.32 Å². The van der Waals surface area contributed by atoms with Gasteiger partial charge in [-0.15, -0.1) is 11.6 Å². The molecule has 4 heteroatoms. The standard InChI is InChI=1S/C15H22ClNO2/c1-15(2,7-4-8-18)11-17-14(19)13-6-3-5-12(9-13)10-16/h3,5-6,9,18H,4,7-8,10-11H2,1-2H3,(H,17,19). The summed E-state index contributed by atoms with van der Waals surface area (Å²) in [6.07, 6.45) is 1.64. The number of carbonyl (C=O) groups is 1. The SMILES string of the molecule is CC(C)(CCCO)CNC(=O)c1cccc(CCl)c1. The Bertz CT molecular complexity index is 418. The minimum absolute atomic E-state index is 0.0114. The first-order valence-electron chi connectivity index (χ1n) is 6.52. The average Bonchev–Trinajstić information content (AvgIpc) is 2.43. The predicted octanol–water partition coefficient (Wildman–Crippen LogP) is 2.95. The van der Waals surface area contributed by atoms with E-state index in [2.05, 4.69) is 19.2 Å². The van der Waals surface area contributed by atoms with Crippen molar-refractivity contribution < 1.29 is 9.90 Å². The van der Waals surface area contributed by atoms with Gasteiger partial charge in [0.1, 0.15) is 0 Å². The molecule has 0 heterocycles. The van der Waals surface area contributed by atoms with Crippen LogP contribution in [0.15, 0.2) is 24.3 Å². The molecular weight excluding hydrogens is 262 g/mol. The van der Waals surface area contributed by atoms with Crippen molar-refractivity contribution in [2.75, 3.05) is 13.2 Å². The molecule has 0 bridgehead atoms. The number of hydrogen-bond acceptors (Lipinski definition) is 2. The van der Waals surface area contributed by atoms with Crippen molar-refractivity contribution in [2.24, 2.45) is 5.41 Å². The fourth-order valence-electron chi connectivity index (χ4n) is 1.86. The molecule has 0 aliphatic rings. The van der Waals surface area contributed by atoms with Crippen molar-refractivity contribution in [3.05, 3.63) is 35.4 Å². The minimum atomic E-state index is -0.0796. The van der Waals surface area contributed by atoms with Crippen LogP contribution in [0.2, 0.25) is 0 Å². The van der Waals surface area contributed by atoms with E-state index in [4.69, 9.17) is 16.7 Å². The molecule has 19 heavy (non-hydrogen) atoms. The summed E-state index contributed by atoms with van der Waals surface area (Å²) in [6, 6.07) is 7.33. The van der Waals surface area contributed by atoms with Crippen LogP contribution in [0.1, 0.15) is 42.6 Å². The van der Waals surface area contributed by atoms with E-state index < -0.39 is 0 Å². The van der Waals surface area contributed by atoms with E-state index in [0.29, 0.717) is 18.0 Å². The second-order valence-electron chi connectivity index (χ2n) is 5.51. The molecule has 2 N–H and O–H groups in total. The molecule has 106 valence electrons. The second kappa shape index (κ2) is 7.51. The van der Waals surface area contributed by atoms with E-state index >= 15 is 0 Å². The van der Waals surface area contributed by atoms with Gasteiger partial charge in [-0.05, 0) is 36.0 Å². The fraction of sp³-hybridized carbons (Fsp3) is 0.533. The lowest BCUT2D eigenvalue weighted by Crippen LogP contribution is -2.34. The maximum Gasteiger partial charge on any atom is 0.251 e. The molecule has 0 atom stereocenters. The van der Waals surface area contributed by atoms with Crippen LogP contribution in [0.5, 0.6) is 0 Å². The van der Waals surface area contributed by atoms with Gasteiger partial charge < -0.3 is 10.4 Å². The Morgan fingerprint density at radius 3 is 2.79 bits per heavy atom. The van der Waals surface area contributed by atoms with Gasteiger partial charge in [-0.1, -0.05) is 26.0 Å². The van der Waals surface area contributed by atoms with Gasteiger partial charge in [-0.3, -0.25) is 4.79 Å². The first-order chi connectivity index (χ1) is 8.98. The van der Waals surface area contributed by atoms with Crippen LogP contribution in [0.4, 0.5) is 0 Å². The summed E-state index contributed by atoms with van der Waals surface area (Å²) in [5.41, 5.74) is 1.56. The normalized spacial score (nSPS) is 11.4. The molecular formula is C15H22ClNO2. The molecule has 0 aromatic heterocycles. The monoisotopic (exact) mass is 283 g/mol. The molecule has 0 aliphatic heterocycles. The van der Waals surface area contributed by atoms with Gasteiger partial charge in [-0.2, -0.15) is 0 Å². The summed E-state index contributed by atoms with van der Waals surface area (Å²) in [7, 11) is 0. The summed E-state index contributed by atoms with van der Waals surface area (Å²) in [5, 5.41) is 11.8. The number of nitrogens with one attached hydrogen (secondary N) is 1. The van der Waals surface area contributed by atoms with Gasteiger partial charge in [0.2, 0.25) is 0 Å². The Morgan fingerprint density at radius 2 is 2.16 bits per heavy atom. The number of alkyl halides is 1. The first kappa shape index (κ1) is 16.0. The van der Waals surface area contributed by atoms with Gasteiger partial charge in [0.25, 0.3) is 5.91 Å². The number of hydrogen-bond donors (Lipinski definition) is 2. The summed E-state index contributed by atoms with van der Waals surface area (Å²) < 4.78 is 0. The molecule has 0 aliphatic carbocycles. The van der Waals surface area contributed by atoms with E-state index in [9.17, 15) is 4.79 Å². The van der Waals surface area contributed by atoms with Crippen LogP contribution >= 0.6 is 11.6 Å². The van der Waals surface area contributed by atoms with Crippen molar-refractivity contribution >= 4 is 17.5 Å². The fourth-order valence-corrected chi connectivity index (χ4v) is 2.03. The second-order valence-corrected chi connectivity index (χ2v) is 5.78. The lowest BCUT2D eigenvalue weighted by atomic mass is 9.88. The Labute approximate surface area is 120 Å². The average molecular weight is 284 g/mol. The zero-order chi connectivity index (χ0) is 14.3. The number of carbonyl (C=O) groups excluding carboxylic acids is 1. The Kier molecular flexibility index (Phi) is 6.32. The van der Waals surface area contributed by atoms with Gasteiger partial charge in [0.15, 0.2) is 0 Å². The molecule has 1 aromatic rings. The smallest absolute Gasteiger partial charge is 0.251 e. The van der Waals surface area contributed by atoms with Crippen molar-refractivity contribution in [2.45, 2.75) is 32.6 Å². The number of amides is 1. The van der Waals surface area contributed by atoms with Crippen molar-refractivity contribution in [3.8, 4) is 0 Å². The number of rotatable bonds is 7. The maximum absolute atomic E-state index is 12.0. The highest BCUT2D eigenvalue weighted by atomic mass is 35.5. The topological polar surface area (TPSA) is 49.3 Å². The van der Waals surface area contributed by atoms with Crippen LogP contribution in [-0.2, 0) is 5.88 Å². The minimum Gasteiger partial charge on any atom is -0.396 e. The van der Waals surface area contributed by atoms with Gasteiger partial charge in [0.05, 0.1) is 0 Å². The number of benzene rings is 1. The maximum atomic E-state index is 12.0. The van der Waals surface area contributed by atoms with Crippen LogP contribution in [0.3, 0.4) is 0 Å². The van der Waals surface area contributed by atoms with Gasteiger partial charge >= 0.3 is 0 Å². The molecule has 0 saturated carbocycles. The summed E-state index contributed by atoms with van der Waals surface area (Å²) >= 11 is 5.76. The van der Waals surface area contributed by atoms with Gasteiger partial charge in [0, 0.05) is 24.6 Å². The van der Waals surface area contributed by atoms with Crippen LogP contribution in [0, 0.1) is 5.41 Å². The van der Waals surface area contributed by atoms with Crippen molar-refractivity contribution in [1.29, 1.82) is 0 Å². The Morgan fingerprint density at radius 1 is 1.42 bits per heavy atom. The molecule has 1 rings (SSSR count). The summed E-state index contributed by atoms with van der Waals surface area (Å²) in [4.78, 5) is 12.0. The number of aliphatic hydroxyl groups excluding tert-OH is 1. The quantitative estimate of drug-likeness (QED) is 0.756. The van der Waals surface area contributed by atoms with E-state index in [-0.39, 0.29) is 17.9 Å². The molecule has 0 unspecified atom stereocenters.